The molecule has 0 saturated carbocycles. The Balaban J connectivity index is 1.96. The van der Waals surface area contributed by atoms with Crippen molar-refractivity contribution >= 4 is 27.3 Å². The fraction of sp³-hybridized carbons (Fsp3) is 0.667. The number of nitrogens with one attached hydrogen (secondary N) is 1. The predicted molar refractivity (Wildman–Crippen MR) is 88.3 cm³/mol. The lowest BCUT2D eigenvalue weighted by atomic mass is 9.98. The van der Waals surface area contributed by atoms with Gasteiger partial charge in [0.15, 0.2) is 0 Å². The number of carbonyl (C=O) groups is 1. The van der Waals surface area contributed by atoms with E-state index >= 15 is 0 Å². The van der Waals surface area contributed by atoms with E-state index in [9.17, 15) is 13.2 Å². The first-order valence-corrected chi connectivity index (χ1v) is 10.0. The third-order valence-electron chi connectivity index (χ3n) is 3.87. The van der Waals surface area contributed by atoms with E-state index in [4.69, 9.17) is 0 Å². The van der Waals surface area contributed by atoms with Gasteiger partial charge in [0.2, 0.25) is 5.91 Å². The summed E-state index contributed by atoms with van der Waals surface area (Å²) in [6, 6.07) is 3.35. The average Bonchev–Trinajstić information content (AvgIpc) is 3.02. The van der Waals surface area contributed by atoms with Gasteiger partial charge in [-0.15, -0.1) is 11.3 Å². The number of nitrogens with zero attached hydrogens (tertiary/aromatic N) is 1. The molecule has 1 amide bonds. The number of hydrogen-bond donors (Lipinski definition) is 1. The van der Waals surface area contributed by atoms with Gasteiger partial charge in [0.05, 0.1) is 5.92 Å². The summed E-state index contributed by atoms with van der Waals surface area (Å²) < 4.78 is 26.9. The molecule has 1 aromatic heterocycles. The fourth-order valence-electron chi connectivity index (χ4n) is 2.54. The Bertz CT molecular complexity index is 582. The number of amides is 1. The molecule has 1 aliphatic rings. The SMILES string of the molecule is CC(C)CCNC(=O)[C@H]1CCCN(S(=O)(=O)c2cccs2)C1. The van der Waals surface area contributed by atoms with Crippen LogP contribution in [0.25, 0.3) is 0 Å². The van der Waals surface area contributed by atoms with E-state index in [0.717, 1.165) is 19.3 Å². The van der Waals surface area contributed by atoms with Crippen molar-refractivity contribution < 1.29 is 13.2 Å². The Kier molecular flexibility index (Phi) is 6.00. The van der Waals surface area contributed by atoms with Crippen LogP contribution >= 0.6 is 11.3 Å². The highest BCUT2D eigenvalue weighted by molar-refractivity contribution is 7.91. The molecule has 0 aliphatic carbocycles. The van der Waals surface area contributed by atoms with Gasteiger partial charge in [-0.3, -0.25) is 4.79 Å². The zero-order chi connectivity index (χ0) is 16.2. The molecule has 1 aliphatic heterocycles. The molecule has 1 fully saturated rings. The molecular formula is C15H24N2O3S2. The predicted octanol–water partition coefficient (Wildman–Crippen LogP) is 2.31. The zero-order valence-corrected chi connectivity index (χ0v) is 14.8. The monoisotopic (exact) mass is 344 g/mol. The number of piperidine rings is 1. The van der Waals surface area contributed by atoms with Gasteiger partial charge in [-0.2, -0.15) is 4.31 Å². The minimum Gasteiger partial charge on any atom is -0.356 e. The molecule has 124 valence electrons. The highest BCUT2D eigenvalue weighted by atomic mass is 32.2. The lowest BCUT2D eigenvalue weighted by Crippen LogP contribution is -2.45. The molecular weight excluding hydrogens is 320 g/mol. The standard InChI is InChI=1S/C15H24N2O3S2/c1-12(2)7-8-16-15(18)13-5-3-9-17(11-13)22(19,20)14-6-4-10-21-14/h4,6,10,12-13H,3,5,7-9,11H2,1-2H3,(H,16,18)/t13-/m0/s1. The number of thiophene rings is 1. The van der Waals surface area contributed by atoms with Crippen molar-refractivity contribution in [2.75, 3.05) is 19.6 Å². The van der Waals surface area contributed by atoms with E-state index in [1.54, 1.807) is 17.5 Å². The molecule has 22 heavy (non-hydrogen) atoms. The number of hydrogen-bond acceptors (Lipinski definition) is 4. The van der Waals surface area contributed by atoms with Gasteiger partial charge in [0.25, 0.3) is 10.0 Å². The molecule has 5 nitrogen and oxygen atoms in total. The van der Waals surface area contributed by atoms with Crippen LogP contribution in [0.3, 0.4) is 0 Å². The first kappa shape index (κ1) is 17.4. The number of rotatable bonds is 6. The number of sulfonamides is 1. The molecule has 1 aromatic rings. The first-order valence-electron chi connectivity index (χ1n) is 7.72. The highest BCUT2D eigenvalue weighted by Gasteiger charge is 2.33. The maximum Gasteiger partial charge on any atom is 0.252 e. The van der Waals surface area contributed by atoms with Gasteiger partial charge >= 0.3 is 0 Å². The smallest absolute Gasteiger partial charge is 0.252 e. The average molecular weight is 345 g/mol. The van der Waals surface area contributed by atoms with Crippen LogP contribution in [0.5, 0.6) is 0 Å². The quantitative estimate of drug-likeness (QED) is 0.861. The van der Waals surface area contributed by atoms with Gasteiger partial charge in [-0.25, -0.2) is 8.42 Å². The summed E-state index contributed by atoms with van der Waals surface area (Å²) in [5.74, 6) is 0.282. The Morgan fingerprint density at radius 2 is 2.27 bits per heavy atom. The summed E-state index contributed by atoms with van der Waals surface area (Å²) in [6.07, 6.45) is 2.42. The van der Waals surface area contributed by atoms with Crippen LogP contribution < -0.4 is 5.32 Å². The maximum atomic E-state index is 12.5. The van der Waals surface area contributed by atoms with E-state index < -0.39 is 10.0 Å². The second-order valence-electron chi connectivity index (χ2n) is 6.11. The molecule has 0 radical (unpaired) electrons. The lowest BCUT2D eigenvalue weighted by Gasteiger charge is -2.30. The molecule has 0 aromatic carbocycles. The third-order valence-corrected chi connectivity index (χ3v) is 7.10. The second-order valence-corrected chi connectivity index (χ2v) is 9.22. The summed E-state index contributed by atoms with van der Waals surface area (Å²) in [5, 5.41) is 4.69. The van der Waals surface area contributed by atoms with Crippen LogP contribution in [-0.2, 0) is 14.8 Å². The molecule has 2 rings (SSSR count). The summed E-state index contributed by atoms with van der Waals surface area (Å²) >= 11 is 1.22. The van der Waals surface area contributed by atoms with Crippen LogP contribution in [0.15, 0.2) is 21.7 Å². The van der Waals surface area contributed by atoms with Crippen molar-refractivity contribution in [3.63, 3.8) is 0 Å². The van der Waals surface area contributed by atoms with Crippen molar-refractivity contribution in [2.45, 2.75) is 37.3 Å². The van der Waals surface area contributed by atoms with Crippen LogP contribution in [0.2, 0.25) is 0 Å². The van der Waals surface area contributed by atoms with Crippen LogP contribution in [0, 0.1) is 11.8 Å². The van der Waals surface area contributed by atoms with Gasteiger partial charge in [-0.1, -0.05) is 19.9 Å². The molecule has 1 saturated heterocycles. The molecule has 1 atom stereocenters. The van der Waals surface area contributed by atoms with Gasteiger partial charge in [-0.05, 0) is 36.6 Å². The van der Waals surface area contributed by atoms with Gasteiger partial charge in [0.1, 0.15) is 4.21 Å². The Morgan fingerprint density at radius 1 is 1.50 bits per heavy atom. The minimum atomic E-state index is -3.45. The molecule has 2 heterocycles. The van der Waals surface area contributed by atoms with Gasteiger partial charge in [0, 0.05) is 19.6 Å². The third kappa shape index (κ3) is 4.30. The highest BCUT2D eigenvalue weighted by Crippen LogP contribution is 2.26. The Hall–Kier alpha value is -0.920. The van der Waals surface area contributed by atoms with E-state index in [0.29, 0.717) is 23.2 Å². The topological polar surface area (TPSA) is 66.5 Å². The summed E-state index contributed by atoms with van der Waals surface area (Å²) in [4.78, 5) is 12.2. The molecule has 7 heteroatoms. The molecule has 0 unspecified atom stereocenters. The van der Waals surface area contributed by atoms with Crippen molar-refractivity contribution in [1.82, 2.24) is 9.62 Å². The second kappa shape index (κ2) is 7.57. The Morgan fingerprint density at radius 3 is 2.91 bits per heavy atom. The van der Waals surface area contributed by atoms with Gasteiger partial charge < -0.3 is 5.32 Å². The summed E-state index contributed by atoms with van der Waals surface area (Å²) in [7, 11) is -3.45. The molecule has 0 spiro atoms. The zero-order valence-electron chi connectivity index (χ0n) is 13.1. The normalized spacial score (nSPS) is 20.2. The summed E-state index contributed by atoms with van der Waals surface area (Å²) in [6.45, 7) is 5.67. The molecule has 1 N–H and O–H groups in total. The fourth-order valence-corrected chi connectivity index (χ4v) is 5.21. The van der Waals surface area contributed by atoms with E-state index in [-0.39, 0.29) is 18.4 Å². The van der Waals surface area contributed by atoms with Crippen LogP contribution in [-0.4, -0.2) is 38.3 Å². The van der Waals surface area contributed by atoms with Crippen molar-refractivity contribution in [3.05, 3.63) is 17.5 Å². The van der Waals surface area contributed by atoms with Crippen molar-refractivity contribution in [3.8, 4) is 0 Å². The Labute approximate surface area is 136 Å². The van der Waals surface area contributed by atoms with Crippen LogP contribution in [0.4, 0.5) is 0 Å². The summed E-state index contributed by atoms with van der Waals surface area (Å²) in [5.41, 5.74) is 0. The first-order chi connectivity index (χ1) is 10.4. The largest absolute Gasteiger partial charge is 0.356 e. The lowest BCUT2D eigenvalue weighted by molar-refractivity contribution is -0.126. The van der Waals surface area contributed by atoms with Crippen molar-refractivity contribution in [2.24, 2.45) is 11.8 Å². The maximum absolute atomic E-state index is 12.5. The van der Waals surface area contributed by atoms with E-state index in [1.165, 1.54) is 15.6 Å². The van der Waals surface area contributed by atoms with Crippen molar-refractivity contribution in [1.29, 1.82) is 0 Å². The van der Waals surface area contributed by atoms with E-state index in [2.05, 4.69) is 19.2 Å². The minimum absolute atomic E-state index is 0.0215. The van der Waals surface area contributed by atoms with E-state index in [1.807, 2.05) is 0 Å². The van der Waals surface area contributed by atoms with Crippen LogP contribution in [0.1, 0.15) is 33.1 Å². The molecule has 0 bridgehead atoms. The number of carbonyl (C=O) groups excluding carboxylic acids is 1.